The number of halogens is 3. The molecular weight excluding hydrogens is 349 g/mol. The van der Waals surface area contributed by atoms with Crippen molar-refractivity contribution in [2.45, 2.75) is 12.6 Å². The highest BCUT2D eigenvalue weighted by molar-refractivity contribution is 7.88. The lowest BCUT2D eigenvalue weighted by Gasteiger charge is -2.20. The molecule has 1 aromatic rings. The quantitative estimate of drug-likeness (QED) is 0.712. The topological polar surface area (TPSA) is 75.7 Å². The summed E-state index contributed by atoms with van der Waals surface area (Å²) in [6, 6.07) is 4.49. The summed E-state index contributed by atoms with van der Waals surface area (Å²) >= 11 is 0. The fraction of sp³-hybridized carbons (Fsp3) is 0.500. The SMILES string of the molecule is COCCCN(CC(=O)Nc1ccccc1C(F)(F)F)S(C)(=O)=O. The van der Waals surface area contributed by atoms with Gasteiger partial charge in [-0.05, 0) is 18.6 Å². The number of amides is 1. The van der Waals surface area contributed by atoms with Crippen molar-refractivity contribution >= 4 is 21.6 Å². The number of methoxy groups -OCH3 is 1. The van der Waals surface area contributed by atoms with Gasteiger partial charge in [0.2, 0.25) is 15.9 Å². The number of ether oxygens (including phenoxy) is 1. The van der Waals surface area contributed by atoms with Crippen LogP contribution < -0.4 is 5.32 Å². The van der Waals surface area contributed by atoms with E-state index in [-0.39, 0.29) is 6.54 Å². The zero-order valence-electron chi connectivity index (χ0n) is 13.3. The molecule has 24 heavy (non-hydrogen) atoms. The van der Waals surface area contributed by atoms with E-state index in [1.165, 1.54) is 19.2 Å². The summed E-state index contributed by atoms with van der Waals surface area (Å²) in [5.41, 5.74) is -1.41. The average molecular weight is 368 g/mol. The molecule has 1 rings (SSSR count). The van der Waals surface area contributed by atoms with E-state index >= 15 is 0 Å². The summed E-state index contributed by atoms with van der Waals surface area (Å²) in [5.74, 6) is -0.852. The third-order valence-corrected chi connectivity index (χ3v) is 4.30. The molecule has 0 atom stereocenters. The first kappa shape index (κ1) is 20.4. The first-order chi connectivity index (χ1) is 11.1. The molecule has 0 aliphatic rings. The Morgan fingerprint density at radius 3 is 2.46 bits per heavy atom. The molecule has 136 valence electrons. The smallest absolute Gasteiger partial charge is 0.385 e. The minimum absolute atomic E-state index is 0.0288. The zero-order chi connectivity index (χ0) is 18.4. The average Bonchev–Trinajstić information content (AvgIpc) is 2.44. The summed E-state index contributed by atoms with van der Waals surface area (Å²) in [5, 5.41) is 2.11. The van der Waals surface area contributed by atoms with Crippen LogP contribution >= 0.6 is 0 Å². The molecule has 0 fully saturated rings. The van der Waals surface area contributed by atoms with Gasteiger partial charge in [-0.25, -0.2) is 8.42 Å². The zero-order valence-corrected chi connectivity index (χ0v) is 14.1. The number of rotatable bonds is 8. The predicted molar refractivity (Wildman–Crippen MR) is 83.0 cm³/mol. The Morgan fingerprint density at radius 1 is 1.29 bits per heavy atom. The standard InChI is InChI=1S/C14H19F3N2O4S/c1-23-9-5-8-19(24(2,21)22)10-13(20)18-12-7-4-3-6-11(12)14(15,16)17/h3-4,6-7H,5,8-10H2,1-2H3,(H,18,20). The first-order valence-electron chi connectivity index (χ1n) is 6.96. The fourth-order valence-corrected chi connectivity index (χ4v) is 2.75. The van der Waals surface area contributed by atoms with Gasteiger partial charge in [0.1, 0.15) is 0 Å². The molecular formula is C14H19F3N2O4S. The molecule has 1 amide bonds. The van der Waals surface area contributed by atoms with Gasteiger partial charge < -0.3 is 10.1 Å². The Bertz CT molecular complexity index is 662. The van der Waals surface area contributed by atoms with E-state index in [9.17, 15) is 26.4 Å². The molecule has 10 heteroatoms. The summed E-state index contributed by atoms with van der Waals surface area (Å²) in [6.45, 7) is -0.250. The van der Waals surface area contributed by atoms with Gasteiger partial charge in [-0.2, -0.15) is 17.5 Å². The molecule has 0 saturated carbocycles. The second-order valence-corrected chi connectivity index (χ2v) is 7.02. The molecule has 1 aromatic carbocycles. The molecule has 0 aliphatic carbocycles. The van der Waals surface area contributed by atoms with Crippen molar-refractivity contribution in [3.63, 3.8) is 0 Å². The second kappa shape index (κ2) is 8.45. The Balaban J connectivity index is 2.84. The van der Waals surface area contributed by atoms with Crippen molar-refractivity contribution in [2.75, 3.05) is 38.4 Å². The van der Waals surface area contributed by atoms with E-state index in [0.29, 0.717) is 13.0 Å². The minimum atomic E-state index is -4.63. The van der Waals surface area contributed by atoms with Crippen LogP contribution in [0.1, 0.15) is 12.0 Å². The van der Waals surface area contributed by atoms with Crippen molar-refractivity contribution in [1.82, 2.24) is 4.31 Å². The largest absolute Gasteiger partial charge is 0.418 e. The monoisotopic (exact) mass is 368 g/mol. The number of hydrogen-bond donors (Lipinski definition) is 1. The van der Waals surface area contributed by atoms with Gasteiger partial charge >= 0.3 is 6.18 Å². The van der Waals surface area contributed by atoms with Crippen LogP contribution in [0.2, 0.25) is 0 Å². The summed E-state index contributed by atoms with van der Waals surface area (Å²) < 4.78 is 67.7. The molecule has 0 radical (unpaired) electrons. The van der Waals surface area contributed by atoms with Crippen LogP contribution in [0.15, 0.2) is 24.3 Å². The van der Waals surface area contributed by atoms with Gasteiger partial charge in [-0.1, -0.05) is 12.1 Å². The molecule has 0 unspecified atom stereocenters. The number of benzene rings is 1. The van der Waals surface area contributed by atoms with Crippen molar-refractivity contribution < 1.29 is 31.1 Å². The van der Waals surface area contributed by atoms with Crippen LogP contribution in [0.3, 0.4) is 0 Å². The predicted octanol–water partition coefficient (Wildman–Crippen LogP) is 1.94. The molecule has 0 aromatic heterocycles. The number of para-hydroxylation sites is 1. The van der Waals surface area contributed by atoms with Crippen LogP contribution in [-0.4, -0.2) is 51.7 Å². The Labute approximate surface area is 138 Å². The normalized spacial score (nSPS) is 12.4. The highest BCUT2D eigenvalue weighted by atomic mass is 32.2. The minimum Gasteiger partial charge on any atom is -0.385 e. The Hall–Kier alpha value is -1.65. The van der Waals surface area contributed by atoms with E-state index in [4.69, 9.17) is 4.74 Å². The van der Waals surface area contributed by atoms with Gasteiger partial charge in [0.15, 0.2) is 0 Å². The Morgan fingerprint density at radius 2 is 1.92 bits per heavy atom. The van der Waals surface area contributed by atoms with Crippen molar-refractivity contribution in [2.24, 2.45) is 0 Å². The van der Waals surface area contributed by atoms with E-state index in [1.807, 2.05) is 0 Å². The van der Waals surface area contributed by atoms with Crippen LogP contribution in [0, 0.1) is 0 Å². The van der Waals surface area contributed by atoms with Crippen LogP contribution in [0.5, 0.6) is 0 Å². The summed E-state index contributed by atoms with van der Waals surface area (Å²) in [4.78, 5) is 12.0. The lowest BCUT2D eigenvalue weighted by Crippen LogP contribution is -2.38. The maximum Gasteiger partial charge on any atom is 0.418 e. The van der Waals surface area contributed by atoms with Crippen LogP contribution in [0.25, 0.3) is 0 Å². The highest BCUT2D eigenvalue weighted by Crippen LogP contribution is 2.34. The van der Waals surface area contributed by atoms with Crippen LogP contribution in [0.4, 0.5) is 18.9 Å². The number of alkyl halides is 3. The lowest BCUT2D eigenvalue weighted by molar-refractivity contribution is -0.137. The van der Waals surface area contributed by atoms with E-state index in [2.05, 4.69) is 5.32 Å². The summed E-state index contributed by atoms with van der Waals surface area (Å²) in [6.07, 6.45) is -3.34. The molecule has 0 spiro atoms. The molecule has 0 saturated heterocycles. The molecule has 0 heterocycles. The number of sulfonamides is 1. The summed E-state index contributed by atoms with van der Waals surface area (Å²) in [7, 11) is -2.23. The Kier molecular flexibility index (Phi) is 7.18. The third-order valence-electron chi connectivity index (χ3n) is 3.05. The molecule has 0 bridgehead atoms. The highest BCUT2D eigenvalue weighted by Gasteiger charge is 2.33. The second-order valence-electron chi connectivity index (χ2n) is 5.03. The maximum atomic E-state index is 12.9. The first-order valence-corrected chi connectivity index (χ1v) is 8.80. The number of nitrogens with zero attached hydrogens (tertiary/aromatic N) is 1. The van der Waals surface area contributed by atoms with Crippen molar-refractivity contribution in [3.8, 4) is 0 Å². The maximum absolute atomic E-state index is 12.9. The van der Waals surface area contributed by atoms with E-state index < -0.39 is 39.9 Å². The van der Waals surface area contributed by atoms with Crippen LogP contribution in [-0.2, 0) is 25.7 Å². The molecule has 0 aliphatic heterocycles. The number of carbonyl (C=O) groups is 1. The number of carbonyl (C=O) groups excluding carboxylic acids is 1. The van der Waals surface area contributed by atoms with Gasteiger partial charge in [0.25, 0.3) is 0 Å². The van der Waals surface area contributed by atoms with E-state index in [0.717, 1.165) is 22.7 Å². The van der Waals surface area contributed by atoms with Crippen molar-refractivity contribution in [1.29, 1.82) is 0 Å². The molecule has 1 N–H and O–H groups in total. The number of hydrogen-bond acceptors (Lipinski definition) is 4. The fourth-order valence-electron chi connectivity index (χ4n) is 1.94. The lowest BCUT2D eigenvalue weighted by atomic mass is 10.1. The van der Waals surface area contributed by atoms with Gasteiger partial charge in [-0.3, -0.25) is 4.79 Å². The molecule has 6 nitrogen and oxygen atoms in total. The number of anilines is 1. The number of nitrogens with one attached hydrogen (secondary N) is 1. The van der Waals surface area contributed by atoms with Gasteiger partial charge in [0.05, 0.1) is 24.1 Å². The van der Waals surface area contributed by atoms with Crippen molar-refractivity contribution in [3.05, 3.63) is 29.8 Å². The van der Waals surface area contributed by atoms with E-state index in [1.54, 1.807) is 0 Å². The van der Waals surface area contributed by atoms with Gasteiger partial charge in [-0.15, -0.1) is 0 Å². The third kappa shape index (κ3) is 6.46. The van der Waals surface area contributed by atoms with Gasteiger partial charge in [0, 0.05) is 20.3 Å².